The van der Waals surface area contributed by atoms with Crippen molar-refractivity contribution >= 4 is 38.7 Å². The molecule has 2 aliphatic carbocycles. The second-order valence-corrected chi connectivity index (χ2v) is 11.8. The minimum Gasteiger partial charge on any atom is -0.372 e. The molecule has 46 heavy (non-hydrogen) atoms. The molecule has 6 heteroatoms. The molecule has 0 amide bonds. The summed E-state index contributed by atoms with van der Waals surface area (Å²) in [5.41, 5.74) is 11.0. The third-order valence-electron chi connectivity index (χ3n) is 9.38. The molecule has 1 aliphatic heterocycles. The normalized spacial score (nSPS) is 18.2. The van der Waals surface area contributed by atoms with Crippen molar-refractivity contribution in [3.05, 3.63) is 149 Å². The summed E-state index contributed by atoms with van der Waals surface area (Å²) in [6.45, 7) is 0. The van der Waals surface area contributed by atoms with E-state index >= 15 is 0 Å². The van der Waals surface area contributed by atoms with E-state index in [1.54, 1.807) is 0 Å². The molecule has 6 aromatic rings. The topological polar surface area (TPSA) is 96.4 Å². The average molecular weight is 589 g/mol. The minimum atomic E-state index is -0.314. The van der Waals surface area contributed by atoms with Gasteiger partial charge in [-0.15, -0.1) is 0 Å². The van der Waals surface area contributed by atoms with Gasteiger partial charge in [0.1, 0.15) is 11.4 Å². The fourth-order valence-electron chi connectivity index (χ4n) is 7.19. The Balaban J connectivity index is 1.13. The molecule has 6 aromatic carbocycles. The second-order valence-electron chi connectivity index (χ2n) is 11.8. The molecule has 0 spiro atoms. The number of nitrogens with zero attached hydrogens (tertiary/aromatic N) is 4. The summed E-state index contributed by atoms with van der Waals surface area (Å²) < 4.78 is 0. The van der Waals surface area contributed by atoms with Gasteiger partial charge in [-0.1, -0.05) is 97.1 Å². The third-order valence-corrected chi connectivity index (χ3v) is 9.38. The van der Waals surface area contributed by atoms with Crippen LogP contribution in [0.4, 0.5) is 0 Å². The number of allylic oxidation sites excluding steroid dienone is 1. The van der Waals surface area contributed by atoms with Gasteiger partial charge in [-0.05, 0) is 73.6 Å². The minimum absolute atomic E-state index is 0.269. The molecule has 0 radical (unpaired) electrons. The lowest BCUT2D eigenvalue weighted by Crippen LogP contribution is -2.42. The zero-order valence-electron chi connectivity index (χ0n) is 24.5. The van der Waals surface area contributed by atoms with E-state index < -0.39 is 0 Å². The van der Waals surface area contributed by atoms with Crippen LogP contribution < -0.4 is 10.6 Å². The summed E-state index contributed by atoms with van der Waals surface area (Å²) in [4.78, 5) is 9.47. The Morgan fingerprint density at radius 2 is 1.22 bits per heavy atom. The van der Waals surface area contributed by atoms with E-state index in [0.717, 1.165) is 55.9 Å². The van der Waals surface area contributed by atoms with Gasteiger partial charge in [0.05, 0.1) is 23.5 Å². The van der Waals surface area contributed by atoms with Gasteiger partial charge in [0.15, 0.2) is 6.19 Å². The Hall–Kier alpha value is -6.50. The third kappa shape index (κ3) is 3.88. The molecular formula is C40H24N6. The van der Waals surface area contributed by atoms with Crippen LogP contribution in [0.5, 0.6) is 0 Å². The van der Waals surface area contributed by atoms with Gasteiger partial charge >= 0.3 is 0 Å². The van der Waals surface area contributed by atoms with Gasteiger partial charge in [-0.3, -0.25) is 0 Å². The molecule has 1 heterocycles. The van der Waals surface area contributed by atoms with E-state index in [1.165, 1.54) is 21.5 Å². The predicted octanol–water partition coefficient (Wildman–Crippen LogP) is 7.87. The van der Waals surface area contributed by atoms with Crippen LogP contribution in [0, 0.1) is 22.9 Å². The van der Waals surface area contributed by atoms with Crippen molar-refractivity contribution in [3.63, 3.8) is 0 Å². The highest BCUT2D eigenvalue weighted by Crippen LogP contribution is 2.44. The van der Waals surface area contributed by atoms with Crippen molar-refractivity contribution in [2.45, 2.75) is 12.1 Å². The number of hydrogen-bond acceptors (Lipinski definition) is 6. The molecule has 0 saturated heterocycles. The molecule has 9 rings (SSSR count). The molecule has 214 valence electrons. The lowest BCUT2D eigenvalue weighted by atomic mass is 9.96. The fraction of sp³-hybridized carbons (Fsp3) is 0.0500. The first-order valence-corrected chi connectivity index (χ1v) is 15.2. The fourth-order valence-corrected chi connectivity index (χ4v) is 7.19. The Bertz CT molecular complexity index is 2470. The maximum Gasteiger partial charge on any atom is 0.206 e. The van der Waals surface area contributed by atoms with E-state index in [1.807, 2.05) is 24.4 Å². The molecule has 0 saturated carbocycles. The monoisotopic (exact) mass is 588 g/mol. The van der Waals surface area contributed by atoms with Crippen molar-refractivity contribution in [3.8, 4) is 34.6 Å². The quantitative estimate of drug-likeness (QED) is 0.162. The first-order valence-electron chi connectivity index (χ1n) is 15.2. The summed E-state index contributed by atoms with van der Waals surface area (Å²) in [6, 6.07) is 41.6. The molecule has 6 nitrogen and oxygen atoms in total. The molecule has 0 fully saturated rings. The average Bonchev–Trinajstić information content (AvgIpc) is 3.57. The lowest BCUT2D eigenvalue weighted by molar-refractivity contribution is 0.558. The van der Waals surface area contributed by atoms with Crippen LogP contribution in [0.15, 0.2) is 137 Å². The zero-order chi connectivity index (χ0) is 30.8. The van der Waals surface area contributed by atoms with Gasteiger partial charge in [0.2, 0.25) is 6.19 Å². The number of aliphatic imine (C=N–C) groups is 2. The molecule has 0 aromatic heterocycles. The first kappa shape index (κ1) is 25.9. The van der Waals surface area contributed by atoms with Crippen molar-refractivity contribution in [2.75, 3.05) is 0 Å². The smallest absolute Gasteiger partial charge is 0.206 e. The summed E-state index contributed by atoms with van der Waals surface area (Å²) in [7, 11) is 0. The molecule has 3 aliphatic rings. The standard InChI is InChI=1S/C40H24N6/c41-21-43-35-33-19-29(27-11-9-23-5-1-3-7-25(23)17-27)13-15-31(33)37-39(35)46-38-32-16-14-30(20-34(32)36(44-22-42)40(38)45-37)28-12-10-24-6-2-4-8-26(24)18-28/h1-20,35,39,43,46H/b44-36+. The Morgan fingerprint density at radius 1 is 0.630 bits per heavy atom. The highest BCUT2D eigenvalue weighted by molar-refractivity contribution is 6.27. The van der Waals surface area contributed by atoms with E-state index in [2.05, 4.69) is 125 Å². The largest absolute Gasteiger partial charge is 0.372 e. The molecule has 0 bridgehead atoms. The molecule has 2 unspecified atom stereocenters. The van der Waals surface area contributed by atoms with Gasteiger partial charge in [0, 0.05) is 16.7 Å². The van der Waals surface area contributed by atoms with E-state index in [9.17, 15) is 10.5 Å². The number of rotatable bonds is 3. The van der Waals surface area contributed by atoms with Gasteiger partial charge in [-0.25, -0.2) is 4.99 Å². The molecule has 2 atom stereocenters. The molecule has 2 N–H and O–H groups in total. The van der Waals surface area contributed by atoms with Crippen molar-refractivity contribution < 1.29 is 0 Å². The SMILES string of the molecule is N#C/N=C1/C2=C(NC3C(=N2)c2ccc(-c4ccc5ccccc5c4)cc2C3NC#N)c2ccc(-c3ccc4ccccc4c3)cc21. The van der Waals surface area contributed by atoms with E-state index in [-0.39, 0.29) is 12.1 Å². The second kappa shape index (κ2) is 10.0. The number of fused-ring (bicyclic) bond motifs is 7. The maximum absolute atomic E-state index is 9.81. The maximum atomic E-state index is 9.81. The first-order chi connectivity index (χ1) is 22.7. The number of nitriles is 2. The zero-order valence-corrected chi connectivity index (χ0v) is 24.5. The Morgan fingerprint density at radius 3 is 1.87 bits per heavy atom. The summed E-state index contributed by atoms with van der Waals surface area (Å²) in [5.74, 6) is 0. The number of hydrogen-bond donors (Lipinski definition) is 2. The molecular weight excluding hydrogens is 564 g/mol. The van der Waals surface area contributed by atoms with Crippen LogP contribution in [0.25, 0.3) is 49.5 Å². The van der Waals surface area contributed by atoms with Gasteiger partial charge < -0.3 is 10.6 Å². The van der Waals surface area contributed by atoms with Crippen LogP contribution in [0.1, 0.15) is 28.3 Å². The predicted molar refractivity (Wildman–Crippen MR) is 183 cm³/mol. The lowest BCUT2D eigenvalue weighted by Gasteiger charge is -2.26. The van der Waals surface area contributed by atoms with Crippen LogP contribution in [-0.2, 0) is 0 Å². The van der Waals surface area contributed by atoms with Crippen molar-refractivity contribution in [1.82, 2.24) is 10.6 Å². The van der Waals surface area contributed by atoms with Crippen molar-refractivity contribution in [1.29, 1.82) is 10.5 Å². The van der Waals surface area contributed by atoms with Crippen LogP contribution >= 0.6 is 0 Å². The highest BCUT2D eigenvalue weighted by Gasteiger charge is 2.44. The van der Waals surface area contributed by atoms with Crippen LogP contribution in [-0.4, -0.2) is 17.5 Å². The Kier molecular flexibility index (Phi) is 5.65. The van der Waals surface area contributed by atoms with Gasteiger partial charge in [0.25, 0.3) is 0 Å². The highest BCUT2D eigenvalue weighted by atomic mass is 15.1. The summed E-state index contributed by atoms with van der Waals surface area (Å²) in [5, 5.41) is 31.0. The van der Waals surface area contributed by atoms with Gasteiger partial charge in [-0.2, -0.15) is 15.5 Å². The van der Waals surface area contributed by atoms with E-state index in [4.69, 9.17) is 4.99 Å². The van der Waals surface area contributed by atoms with Crippen LogP contribution in [0.2, 0.25) is 0 Å². The summed E-state index contributed by atoms with van der Waals surface area (Å²) >= 11 is 0. The van der Waals surface area contributed by atoms with Crippen molar-refractivity contribution in [2.24, 2.45) is 9.98 Å². The van der Waals surface area contributed by atoms with Crippen LogP contribution in [0.3, 0.4) is 0 Å². The number of nitrogens with one attached hydrogen (secondary N) is 2. The number of benzene rings is 6. The summed E-state index contributed by atoms with van der Waals surface area (Å²) in [6.07, 6.45) is 4.20. The van der Waals surface area contributed by atoms with E-state index in [0.29, 0.717) is 11.4 Å². The Labute approximate surface area is 265 Å².